The molecule has 1 aliphatic rings. The number of aromatic nitrogens is 2. The van der Waals surface area contributed by atoms with E-state index in [-0.39, 0.29) is 6.10 Å². The Hall–Kier alpha value is -1.05. The molecule has 0 aromatic carbocycles. The van der Waals surface area contributed by atoms with E-state index in [0.29, 0.717) is 24.7 Å². The molecule has 1 aromatic heterocycles. The fourth-order valence-corrected chi connectivity index (χ4v) is 2.31. The fourth-order valence-electron chi connectivity index (χ4n) is 1.92. The maximum Gasteiger partial charge on any atom is 0.130 e. The Morgan fingerprint density at radius 3 is 3.11 bits per heavy atom. The summed E-state index contributed by atoms with van der Waals surface area (Å²) in [5, 5.41) is 6.46. The zero-order chi connectivity index (χ0) is 13.7. The normalized spacial score (nSPS) is 21.1. The highest BCUT2D eigenvalue weighted by atomic mass is 32.2. The lowest BCUT2D eigenvalue weighted by atomic mass is 10.2. The van der Waals surface area contributed by atoms with Crippen LogP contribution in [0.5, 0.6) is 0 Å². The van der Waals surface area contributed by atoms with Crippen LogP contribution in [0.2, 0.25) is 0 Å². The summed E-state index contributed by atoms with van der Waals surface area (Å²) in [6.45, 7) is 4.86. The quantitative estimate of drug-likeness (QED) is 0.806. The van der Waals surface area contributed by atoms with Crippen LogP contribution < -0.4 is 10.6 Å². The van der Waals surface area contributed by atoms with Crippen LogP contribution in [0.3, 0.4) is 0 Å². The smallest absolute Gasteiger partial charge is 0.130 e. The van der Waals surface area contributed by atoms with Gasteiger partial charge in [-0.25, -0.2) is 9.97 Å². The molecule has 2 atom stereocenters. The van der Waals surface area contributed by atoms with Gasteiger partial charge in [-0.1, -0.05) is 0 Å². The van der Waals surface area contributed by atoms with Gasteiger partial charge in [-0.05, 0) is 6.92 Å². The third-order valence-corrected chi connectivity index (χ3v) is 3.59. The van der Waals surface area contributed by atoms with Gasteiger partial charge >= 0.3 is 0 Å². The van der Waals surface area contributed by atoms with E-state index in [1.807, 2.05) is 13.0 Å². The van der Waals surface area contributed by atoms with Gasteiger partial charge in [0.1, 0.15) is 17.7 Å². The van der Waals surface area contributed by atoms with Crippen molar-refractivity contribution in [1.29, 1.82) is 0 Å². The van der Waals surface area contributed by atoms with Gasteiger partial charge in [-0.3, -0.25) is 4.21 Å². The molecule has 0 radical (unpaired) electrons. The molecule has 19 heavy (non-hydrogen) atoms. The second-order valence-corrected chi connectivity index (χ2v) is 6.05. The van der Waals surface area contributed by atoms with Crippen molar-refractivity contribution in [3.63, 3.8) is 0 Å². The molecule has 0 bridgehead atoms. The molecule has 2 N–H and O–H groups in total. The Morgan fingerprint density at radius 1 is 1.58 bits per heavy atom. The van der Waals surface area contributed by atoms with Crippen LogP contribution >= 0.6 is 0 Å². The van der Waals surface area contributed by atoms with Gasteiger partial charge in [-0.15, -0.1) is 0 Å². The molecule has 0 spiro atoms. The van der Waals surface area contributed by atoms with Crippen LogP contribution in [0.1, 0.15) is 17.6 Å². The summed E-state index contributed by atoms with van der Waals surface area (Å²) in [6, 6.07) is 1.91. The number of rotatable bonds is 5. The minimum absolute atomic E-state index is 0.0173. The first-order valence-electron chi connectivity index (χ1n) is 6.37. The largest absolute Gasteiger partial charge is 0.369 e. The number of aryl methyl sites for hydroxylation is 1. The number of hydrogen-bond acceptors (Lipinski definition) is 6. The second-order valence-electron chi connectivity index (χ2n) is 4.49. The minimum atomic E-state index is -0.795. The fraction of sp³-hybridized carbons (Fsp3) is 0.667. The first-order valence-corrected chi connectivity index (χ1v) is 8.09. The molecule has 0 aliphatic carbocycles. The Morgan fingerprint density at radius 2 is 2.42 bits per heavy atom. The van der Waals surface area contributed by atoms with E-state index in [1.54, 1.807) is 6.26 Å². The van der Waals surface area contributed by atoms with Crippen molar-refractivity contribution in [3.05, 3.63) is 17.6 Å². The Bertz CT molecular complexity index is 449. The Labute approximate surface area is 115 Å². The average Bonchev–Trinajstić information content (AvgIpc) is 2.39. The van der Waals surface area contributed by atoms with E-state index in [4.69, 9.17) is 4.74 Å². The lowest BCUT2D eigenvalue weighted by Crippen LogP contribution is -2.34. The molecule has 0 unspecified atom stereocenters. The van der Waals surface area contributed by atoms with Crippen LogP contribution in [0, 0.1) is 6.92 Å². The van der Waals surface area contributed by atoms with Crippen LogP contribution in [-0.4, -0.2) is 52.4 Å². The predicted molar refractivity (Wildman–Crippen MR) is 75.8 cm³/mol. The lowest BCUT2D eigenvalue weighted by molar-refractivity contribution is 0.0249. The van der Waals surface area contributed by atoms with Gasteiger partial charge in [0.2, 0.25) is 0 Å². The lowest BCUT2D eigenvalue weighted by Gasteiger charge is -2.23. The summed E-state index contributed by atoms with van der Waals surface area (Å²) in [5.74, 6) is 2.09. The number of hydrogen-bond donors (Lipinski definition) is 2. The summed E-state index contributed by atoms with van der Waals surface area (Å²) >= 11 is 0. The monoisotopic (exact) mass is 284 g/mol. The number of anilines is 1. The molecular formula is C12H20N4O2S. The van der Waals surface area contributed by atoms with Crippen molar-refractivity contribution in [2.24, 2.45) is 0 Å². The maximum absolute atomic E-state index is 11.0. The van der Waals surface area contributed by atoms with Gasteiger partial charge in [-0.2, -0.15) is 0 Å². The third-order valence-electron chi connectivity index (χ3n) is 2.81. The molecular weight excluding hydrogens is 264 g/mol. The van der Waals surface area contributed by atoms with Crippen molar-refractivity contribution < 1.29 is 8.95 Å². The van der Waals surface area contributed by atoms with Crippen molar-refractivity contribution in [1.82, 2.24) is 15.3 Å². The topological polar surface area (TPSA) is 76.1 Å². The van der Waals surface area contributed by atoms with E-state index in [1.165, 1.54) is 0 Å². The SMILES string of the molecule is Cc1nc(NCC[S@@](C)=O)cc([C@H]2CNCCO2)n1. The summed E-state index contributed by atoms with van der Waals surface area (Å²) in [5.41, 5.74) is 0.889. The molecule has 0 amide bonds. The zero-order valence-electron chi connectivity index (χ0n) is 11.3. The first kappa shape index (κ1) is 14.4. The summed E-state index contributed by atoms with van der Waals surface area (Å²) < 4.78 is 16.7. The van der Waals surface area contributed by atoms with Gasteiger partial charge in [0, 0.05) is 48.5 Å². The molecule has 2 heterocycles. The predicted octanol–water partition coefficient (Wildman–Crippen LogP) is 0.236. The molecule has 1 saturated heterocycles. The summed E-state index contributed by atoms with van der Waals surface area (Å²) in [7, 11) is -0.795. The summed E-state index contributed by atoms with van der Waals surface area (Å²) in [4.78, 5) is 8.75. The summed E-state index contributed by atoms with van der Waals surface area (Å²) in [6.07, 6.45) is 1.68. The van der Waals surface area contributed by atoms with Crippen LogP contribution in [-0.2, 0) is 15.5 Å². The van der Waals surface area contributed by atoms with E-state index in [2.05, 4.69) is 20.6 Å². The van der Waals surface area contributed by atoms with Gasteiger partial charge in [0.25, 0.3) is 0 Å². The number of ether oxygens (including phenoxy) is 1. The highest BCUT2D eigenvalue weighted by Crippen LogP contribution is 2.19. The van der Waals surface area contributed by atoms with Crippen molar-refractivity contribution in [2.75, 3.05) is 43.6 Å². The zero-order valence-corrected chi connectivity index (χ0v) is 12.1. The number of nitrogens with zero attached hydrogens (tertiary/aromatic N) is 2. The van der Waals surface area contributed by atoms with E-state index in [0.717, 1.165) is 24.6 Å². The maximum atomic E-state index is 11.0. The molecule has 1 aliphatic heterocycles. The van der Waals surface area contributed by atoms with Crippen LogP contribution in [0.15, 0.2) is 6.07 Å². The third kappa shape index (κ3) is 4.52. The number of nitrogens with one attached hydrogen (secondary N) is 2. The molecule has 2 rings (SSSR count). The minimum Gasteiger partial charge on any atom is -0.369 e. The van der Waals surface area contributed by atoms with Crippen LogP contribution in [0.4, 0.5) is 5.82 Å². The Balaban J connectivity index is 2.03. The van der Waals surface area contributed by atoms with E-state index in [9.17, 15) is 4.21 Å². The number of morpholine rings is 1. The van der Waals surface area contributed by atoms with Crippen LogP contribution in [0.25, 0.3) is 0 Å². The molecule has 7 heteroatoms. The van der Waals surface area contributed by atoms with Gasteiger partial charge in [0.15, 0.2) is 0 Å². The molecule has 0 saturated carbocycles. The first-order chi connectivity index (χ1) is 9.15. The molecule has 1 fully saturated rings. The highest BCUT2D eigenvalue weighted by Gasteiger charge is 2.18. The molecule has 106 valence electrons. The van der Waals surface area contributed by atoms with Crippen molar-refractivity contribution in [3.8, 4) is 0 Å². The van der Waals surface area contributed by atoms with E-state index < -0.39 is 10.8 Å². The highest BCUT2D eigenvalue weighted by molar-refractivity contribution is 7.84. The van der Waals surface area contributed by atoms with Gasteiger partial charge in [0.05, 0.1) is 12.3 Å². The van der Waals surface area contributed by atoms with Crippen molar-refractivity contribution in [2.45, 2.75) is 13.0 Å². The molecule has 6 nitrogen and oxygen atoms in total. The standard InChI is InChI=1S/C12H20N4O2S/c1-9-15-10(11-8-13-3-5-18-11)7-12(16-9)14-4-6-19(2)17/h7,11,13H,3-6,8H2,1-2H3,(H,14,15,16)/t11-,19-/m1/s1. The van der Waals surface area contributed by atoms with Gasteiger partial charge < -0.3 is 15.4 Å². The second kappa shape index (κ2) is 6.93. The molecule has 1 aromatic rings. The van der Waals surface area contributed by atoms with Crippen molar-refractivity contribution >= 4 is 16.6 Å². The van der Waals surface area contributed by atoms with E-state index >= 15 is 0 Å². The average molecular weight is 284 g/mol. The Kier molecular flexibility index (Phi) is 5.24.